The second kappa shape index (κ2) is 6.45. The zero-order valence-electron chi connectivity index (χ0n) is 13.2. The molecule has 0 heterocycles. The van der Waals surface area contributed by atoms with Gasteiger partial charge in [0.1, 0.15) is 5.75 Å². The van der Waals surface area contributed by atoms with Crippen molar-refractivity contribution in [2.45, 2.75) is 20.8 Å². The van der Waals surface area contributed by atoms with Gasteiger partial charge in [-0.1, -0.05) is 12.1 Å². The molecule has 0 atom stereocenters. The summed E-state index contributed by atoms with van der Waals surface area (Å²) in [5.74, 6) is -0.582. The molecule has 8 nitrogen and oxygen atoms in total. The lowest BCUT2D eigenvalue weighted by Crippen LogP contribution is -2.13. The summed E-state index contributed by atoms with van der Waals surface area (Å²) in [6, 6.07) is 6.94. The highest BCUT2D eigenvalue weighted by Crippen LogP contribution is 2.29. The van der Waals surface area contributed by atoms with E-state index in [4.69, 9.17) is 4.74 Å². The molecule has 2 aromatic rings. The van der Waals surface area contributed by atoms with Crippen LogP contribution in [0.25, 0.3) is 0 Å². The Balaban J connectivity index is 2.50. The molecule has 0 saturated heterocycles. The fourth-order valence-electron chi connectivity index (χ4n) is 2.18. The molecule has 0 unspecified atom stereocenters. The normalized spacial score (nSPS) is 10.3. The maximum atomic E-state index is 12.4. The first-order chi connectivity index (χ1) is 11.2. The van der Waals surface area contributed by atoms with Crippen molar-refractivity contribution < 1.29 is 19.4 Å². The van der Waals surface area contributed by atoms with Crippen molar-refractivity contribution in [2.75, 3.05) is 0 Å². The largest absolute Gasteiger partial charge is 0.423 e. The van der Waals surface area contributed by atoms with Crippen LogP contribution in [-0.4, -0.2) is 15.8 Å². The fourth-order valence-corrected chi connectivity index (χ4v) is 2.18. The van der Waals surface area contributed by atoms with Gasteiger partial charge < -0.3 is 4.74 Å². The number of hydrogen-bond donors (Lipinski definition) is 0. The minimum Gasteiger partial charge on any atom is -0.423 e. The topological polar surface area (TPSA) is 113 Å². The lowest BCUT2D eigenvalue weighted by atomic mass is 10.1. The van der Waals surface area contributed by atoms with E-state index in [1.165, 1.54) is 6.92 Å². The van der Waals surface area contributed by atoms with Gasteiger partial charge in [0.25, 0.3) is 11.4 Å². The zero-order chi connectivity index (χ0) is 18.0. The van der Waals surface area contributed by atoms with Crippen molar-refractivity contribution in [3.8, 4) is 5.75 Å². The lowest BCUT2D eigenvalue weighted by molar-refractivity contribution is -0.394. The maximum Gasteiger partial charge on any atom is 0.344 e. The third-order valence-corrected chi connectivity index (χ3v) is 3.75. The maximum absolute atomic E-state index is 12.4. The van der Waals surface area contributed by atoms with Gasteiger partial charge in [0.2, 0.25) is 0 Å². The number of hydrogen-bond acceptors (Lipinski definition) is 6. The van der Waals surface area contributed by atoms with Gasteiger partial charge in [-0.3, -0.25) is 20.2 Å². The van der Waals surface area contributed by atoms with Gasteiger partial charge in [-0.05, 0) is 38.0 Å². The van der Waals surface area contributed by atoms with Crippen LogP contribution in [0.5, 0.6) is 5.75 Å². The monoisotopic (exact) mass is 330 g/mol. The van der Waals surface area contributed by atoms with Crippen molar-refractivity contribution in [3.05, 3.63) is 72.8 Å². The van der Waals surface area contributed by atoms with Gasteiger partial charge >= 0.3 is 5.97 Å². The Hall–Kier alpha value is -3.29. The van der Waals surface area contributed by atoms with E-state index in [1.807, 2.05) is 13.0 Å². The number of carbonyl (C=O) groups is 1. The van der Waals surface area contributed by atoms with Crippen molar-refractivity contribution in [3.63, 3.8) is 0 Å². The molecule has 0 spiro atoms. The second-order valence-electron chi connectivity index (χ2n) is 5.24. The average molecular weight is 330 g/mol. The van der Waals surface area contributed by atoms with Crippen LogP contribution in [0.3, 0.4) is 0 Å². The number of nitro groups is 2. The van der Waals surface area contributed by atoms with Crippen LogP contribution in [0.1, 0.15) is 27.0 Å². The quantitative estimate of drug-likeness (QED) is 0.366. The molecule has 0 saturated carbocycles. The predicted molar refractivity (Wildman–Crippen MR) is 85.4 cm³/mol. The number of carbonyl (C=O) groups excluding carboxylic acids is 1. The second-order valence-corrected chi connectivity index (χ2v) is 5.24. The first kappa shape index (κ1) is 17.1. The smallest absolute Gasteiger partial charge is 0.344 e. The first-order valence-corrected chi connectivity index (χ1v) is 6.94. The SMILES string of the molecule is Cc1cccc(OC(=O)c2cc([N+](=O)[O-])cc([N+](=O)[O-])c2C)c1C. The van der Waals surface area contributed by atoms with Gasteiger partial charge in [-0.2, -0.15) is 0 Å². The Morgan fingerprint density at radius 1 is 1.00 bits per heavy atom. The number of nitro benzene ring substituents is 2. The summed E-state index contributed by atoms with van der Waals surface area (Å²) < 4.78 is 5.28. The minimum absolute atomic E-state index is 0.0147. The third-order valence-electron chi connectivity index (χ3n) is 3.75. The van der Waals surface area contributed by atoms with Gasteiger partial charge in [-0.25, -0.2) is 4.79 Å². The van der Waals surface area contributed by atoms with E-state index < -0.39 is 27.2 Å². The molecule has 2 rings (SSSR count). The number of nitrogens with zero attached hydrogens (tertiary/aromatic N) is 2. The summed E-state index contributed by atoms with van der Waals surface area (Å²) >= 11 is 0. The predicted octanol–water partition coefficient (Wildman–Crippen LogP) is 3.65. The molecule has 0 radical (unpaired) electrons. The molecular weight excluding hydrogens is 316 g/mol. The molecule has 0 aromatic heterocycles. The molecule has 0 fully saturated rings. The van der Waals surface area contributed by atoms with Crippen LogP contribution in [0, 0.1) is 41.0 Å². The Morgan fingerprint density at radius 2 is 1.67 bits per heavy atom. The highest BCUT2D eigenvalue weighted by molar-refractivity contribution is 5.94. The van der Waals surface area contributed by atoms with Crippen LogP contribution >= 0.6 is 0 Å². The first-order valence-electron chi connectivity index (χ1n) is 6.94. The number of rotatable bonds is 4. The average Bonchev–Trinajstić information content (AvgIpc) is 2.51. The Bertz CT molecular complexity index is 860. The van der Waals surface area contributed by atoms with Crippen molar-refractivity contribution in [1.29, 1.82) is 0 Å². The number of ether oxygens (including phenoxy) is 1. The number of benzene rings is 2. The molecule has 0 N–H and O–H groups in total. The van der Waals surface area contributed by atoms with E-state index in [-0.39, 0.29) is 11.1 Å². The molecule has 0 aliphatic carbocycles. The number of aryl methyl sites for hydroxylation is 1. The summed E-state index contributed by atoms with van der Waals surface area (Å²) in [5, 5.41) is 22.0. The third kappa shape index (κ3) is 3.22. The highest BCUT2D eigenvalue weighted by Gasteiger charge is 2.26. The molecule has 0 aliphatic heterocycles. The van der Waals surface area contributed by atoms with Crippen LogP contribution in [0.2, 0.25) is 0 Å². The molecule has 2 aromatic carbocycles. The zero-order valence-corrected chi connectivity index (χ0v) is 13.2. The number of non-ortho nitro benzene ring substituents is 1. The molecule has 0 aliphatic rings. The molecule has 24 heavy (non-hydrogen) atoms. The summed E-state index contributed by atoms with van der Waals surface area (Å²) in [4.78, 5) is 32.8. The highest BCUT2D eigenvalue weighted by atomic mass is 16.6. The Morgan fingerprint density at radius 3 is 2.25 bits per heavy atom. The van der Waals surface area contributed by atoms with Gasteiger partial charge in [0.15, 0.2) is 0 Å². The van der Waals surface area contributed by atoms with E-state index in [0.717, 1.165) is 23.3 Å². The molecular formula is C16H14N2O6. The van der Waals surface area contributed by atoms with E-state index >= 15 is 0 Å². The Labute approximate surface area is 137 Å². The van der Waals surface area contributed by atoms with Gasteiger partial charge in [0.05, 0.1) is 21.5 Å². The molecule has 8 heteroatoms. The van der Waals surface area contributed by atoms with E-state index in [0.29, 0.717) is 5.75 Å². The van der Waals surface area contributed by atoms with Crippen LogP contribution < -0.4 is 4.74 Å². The van der Waals surface area contributed by atoms with Crippen molar-refractivity contribution in [1.82, 2.24) is 0 Å². The van der Waals surface area contributed by atoms with Crippen LogP contribution in [0.15, 0.2) is 30.3 Å². The fraction of sp³-hybridized carbons (Fsp3) is 0.188. The minimum atomic E-state index is -0.881. The lowest BCUT2D eigenvalue weighted by Gasteiger charge is -2.10. The number of esters is 1. The van der Waals surface area contributed by atoms with Crippen LogP contribution in [-0.2, 0) is 0 Å². The van der Waals surface area contributed by atoms with Gasteiger partial charge in [0, 0.05) is 11.6 Å². The van der Waals surface area contributed by atoms with Crippen molar-refractivity contribution in [2.24, 2.45) is 0 Å². The van der Waals surface area contributed by atoms with E-state index in [9.17, 15) is 25.0 Å². The standard InChI is InChI=1S/C16H14N2O6/c1-9-5-4-6-15(10(9)2)24-16(19)13-7-12(17(20)21)8-14(11(13)3)18(22)23/h4-8H,1-3H3. The van der Waals surface area contributed by atoms with Crippen molar-refractivity contribution >= 4 is 17.3 Å². The molecule has 0 amide bonds. The summed E-state index contributed by atoms with van der Waals surface area (Å²) in [6.07, 6.45) is 0. The summed E-state index contributed by atoms with van der Waals surface area (Å²) in [5.41, 5.74) is 0.403. The molecule has 0 bridgehead atoms. The summed E-state index contributed by atoms with van der Waals surface area (Å²) in [6.45, 7) is 4.96. The van der Waals surface area contributed by atoms with E-state index in [2.05, 4.69) is 0 Å². The van der Waals surface area contributed by atoms with Gasteiger partial charge in [-0.15, -0.1) is 0 Å². The summed E-state index contributed by atoms with van der Waals surface area (Å²) in [7, 11) is 0. The van der Waals surface area contributed by atoms with Crippen LogP contribution in [0.4, 0.5) is 11.4 Å². The Kier molecular flexibility index (Phi) is 4.59. The van der Waals surface area contributed by atoms with E-state index in [1.54, 1.807) is 19.1 Å². The molecule has 124 valence electrons.